The number of carboxylic acids is 2. The van der Waals surface area contributed by atoms with Crippen LogP contribution in [0.1, 0.15) is 24.3 Å². The van der Waals surface area contributed by atoms with Crippen molar-refractivity contribution in [3.05, 3.63) is 65.1 Å². The van der Waals surface area contributed by atoms with E-state index in [-0.39, 0.29) is 11.8 Å². The quantitative estimate of drug-likeness (QED) is 0.268. The van der Waals surface area contributed by atoms with E-state index in [2.05, 4.69) is 21.0 Å². The summed E-state index contributed by atoms with van der Waals surface area (Å²) in [4.78, 5) is 35.6. The zero-order valence-electron chi connectivity index (χ0n) is 22.1. The van der Waals surface area contributed by atoms with Gasteiger partial charge in [-0.2, -0.15) is 0 Å². The van der Waals surface area contributed by atoms with Crippen LogP contribution in [0.25, 0.3) is 16.6 Å². The highest BCUT2D eigenvalue weighted by atomic mass is 35.5. The number of carbonyl (C=O) groups excluding carboxylic acids is 1. The maximum Gasteiger partial charge on any atom is 0.335 e. The first-order valence-corrected chi connectivity index (χ1v) is 13.6. The number of carboxylic acid groups (broad SMARTS) is 2. The molecule has 2 saturated heterocycles. The average Bonchev–Trinajstić information content (AvgIpc) is 3.54. The van der Waals surface area contributed by atoms with Crippen LogP contribution in [0.4, 0.5) is 9.18 Å². The van der Waals surface area contributed by atoms with Gasteiger partial charge >= 0.3 is 18.0 Å². The zero-order valence-corrected chi connectivity index (χ0v) is 22.9. The summed E-state index contributed by atoms with van der Waals surface area (Å²) in [7, 11) is 0. The van der Waals surface area contributed by atoms with Gasteiger partial charge < -0.3 is 40.1 Å². The number of halogens is 2. The van der Waals surface area contributed by atoms with Gasteiger partial charge in [0, 0.05) is 48.5 Å². The second-order valence-electron chi connectivity index (χ2n) is 9.99. The van der Waals surface area contributed by atoms with E-state index >= 15 is 0 Å². The van der Waals surface area contributed by atoms with Crippen LogP contribution in [-0.4, -0.2) is 104 Å². The number of hydrogen-bond donors (Lipinski definition) is 5. The second kappa shape index (κ2) is 13.3. The minimum absolute atomic E-state index is 0.0559. The molecule has 2 aliphatic heterocycles. The van der Waals surface area contributed by atoms with Crippen LogP contribution in [0.5, 0.6) is 0 Å². The molecule has 13 heteroatoms. The number of benzene rings is 2. The molecule has 2 aromatic carbocycles. The molecule has 0 saturated carbocycles. The topological polar surface area (TPSA) is 156 Å². The Morgan fingerprint density at radius 1 is 0.976 bits per heavy atom. The molecule has 0 aliphatic carbocycles. The number of fused-ring (bicyclic) bond motifs is 1. The highest BCUT2D eigenvalue weighted by Gasteiger charge is 2.29. The molecular weight excluding hydrogens is 559 g/mol. The summed E-state index contributed by atoms with van der Waals surface area (Å²) in [6.07, 6.45) is -0.194. The molecule has 5 N–H and O–H groups in total. The lowest BCUT2D eigenvalue weighted by Crippen LogP contribution is -2.40. The molecule has 3 heterocycles. The number of urea groups is 1. The van der Waals surface area contributed by atoms with E-state index in [0.29, 0.717) is 5.92 Å². The van der Waals surface area contributed by atoms with E-state index in [1.807, 2.05) is 35.2 Å². The largest absolute Gasteiger partial charge is 0.479 e. The summed E-state index contributed by atoms with van der Waals surface area (Å²) >= 11 is 6.34. The number of aliphatic hydroxyl groups excluding tert-OH is 2. The Labute approximate surface area is 240 Å². The lowest BCUT2D eigenvalue weighted by atomic mass is 9.89. The third kappa shape index (κ3) is 7.33. The van der Waals surface area contributed by atoms with Gasteiger partial charge in [-0.15, -0.1) is 0 Å². The fourth-order valence-electron chi connectivity index (χ4n) is 5.09. The molecule has 2 amide bonds. The van der Waals surface area contributed by atoms with E-state index in [9.17, 15) is 18.8 Å². The van der Waals surface area contributed by atoms with Crippen molar-refractivity contribution >= 4 is 40.5 Å². The SMILES string of the molecule is O=C(O)C(O)C(O)C(=O)O.O=C1NCCN1CCN1CCC(c2cn(-c3ccc(F)cc3)c3ccc(Cl)cc23)CC1. The first kappa shape index (κ1) is 30.3. The molecule has 0 spiro atoms. The normalized spacial score (nSPS) is 17.6. The fourth-order valence-corrected chi connectivity index (χ4v) is 5.26. The number of likely N-dealkylation sites (tertiary alicyclic amines) is 1. The van der Waals surface area contributed by atoms with Crippen molar-refractivity contribution in [2.45, 2.75) is 31.0 Å². The van der Waals surface area contributed by atoms with Crippen LogP contribution < -0.4 is 5.32 Å². The number of nitrogens with zero attached hydrogens (tertiary/aromatic N) is 3. The summed E-state index contributed by atoms with van der Waals surface area (Å²) in [6, 6.07) is 12.7. The number of rotatable bonds is 8. The van der Waals surface area contributed by atoms with Crippen molar-refractivity contribution in [2.75, 3.05) is 39.3 Å². The summed E-state index contributed by atoms with van der Waals surface area (Å²) in [5.41, 5.74) is 3.34. The zero-order chi connectivity index (χ0) is 29.7. The molecular formula is C28H32ClFN4O7. The molecule has 11 nitrogen and oxygen atoms in total. The molecule has 2 aliphatic rings. The molecule has 2 unspecified atom stereocenters. The van der Waals surface area contributed by atoms with E-state index in [4.69, 9.17) is 32.0 Å². The molecule has 0 radical (unpaired) electrons. The van der Waals surface area contributed by atoms with Crippen molar-refractivity contribution < 1.29 is 39.2 Å². The third-order valence-electron chi connectivity index (χ3n) is 7.37. The van der Waals surface area contributed by atoms with Gasteiger partial charge in [-0.05, 0) is 79.9 Å². The van der Waals surface area contributed by atoms with Crippen LogP contribution in [0.2, 0.25) is 5.02 Å². The number of aromatic nitrogens is 1. The molecule has 220 valence electrons. The van der Waals surface area contributed by atoms with Crippen molar-refractivity contribution in [2.24, 2.45) is 0 Å². The van der Waals surface area contributed by atoms with Crippen molar-refractivity contribution in [1.82, 2.24) is 19.7 Å². The van der Waals surface area contributed by atoms with Crippen LogP contribution in [0, 0.1) is 5.82 Å². The van der Waals surface area contributed by atoms with Gasteiger partial charge in [0.15, 0.2) is 12.2 Å². The summed E-state index contributed by atoms with van der Waals surface area (Å²) in [6.45, 7) is 5.30. The number of nitrogens with one attached hydrogen (secondary N) is 1. The van der Waals surface area contributed by atoms with E-state index in [1.54, 1.807) is 0 Å². The van der Waals surface area contributed by atoms with Crippen LogP contribution in [0.15, 0.2) is 48.7 Å². The van der Waals surface area contributed by atoms with Gasteiger partial charge in [-0.3, -0.25) is 0 Å². The average molecular weight is 591 g/mol. The lowest BCUT2D eigenvalue weighted by molar-refractivity contribution is -0.165. The molecule has 1 aromatic heterocycles. The molecule has 3 aromatic rings. The monoisotopic (exact) mass is 590 g/mol. The van der Waals surface area contributed by atoms with Gasteiger partial charge in [0.1, 0.15) is 5.82 Å². The van der Waals surface area contributed by atoms with Gasteiger partial charge in [-0.25, -0.2) is 18.8 Å². The van der Waals surface area contributed by atoms with Crippen LogP contribution >= 0.6 is 11.6 Å². The molecule has 5 rings (SSSR count). The highest BCUT2D eigenvalue weighted by Crippen LogP contribution is 2.37. The first-order valence-electron chi connectivity index (χ1n) is 13.2. The van der Waals surface area contributed by atoms with Gasteiger partial charge in [0.05, 0.1) is 5.52 Å². The predicted octanol–water partition coefficient (Wildman–Crippen LogP) is 2.51. The smallest absolute Gasteiger partial charge is 0.335 e. The lowest BCUT2D eigenvalue weighted by Gasteiger charge is -2.32. The first-order chi connectivity index (χ1) is 19.5. The van der Waals surface area contributed by atoms with Gasteiger partial charge in [0.2, 0.25) is 0 Å². The Hall–Kier alpha value is -3.71. The molecule has 0 bridgehead atoms. The van der Waals surface area contributed by atoms with E-state index in [1.165, 1.54) is 23.1 Å². The minimum atomic E-state index is -2.27. The van der Waals surface area contributed by atoms with Crippen LogP contribution in [0.3, 0.4) is 0 Å². The van der Waals surface area contributed by atoms with Crippen LogP contribution in [-0.2, 0) is 9.59 Å². The fraction of sp³-hybridized carbons (Fsp3) is 0.393. The number of carbonyl (C=O) groups is 3. The Kier molecular flexibility index (Phi) is 9.81. The number of hydrogen-bond acceptors (Lipinski definition) is 6. The van der Waals surface area contributed by atoms with E-state index < -0.39 is 24.1 Å². The Balaban J connectivity index is 0.000000334. The molecule has 2 atom stereocenters. The standard InChI is InChI=1S/C24H26ClFN4O.C4H6O6/c25-18-1-6-23-21(15-18)22(16-30(23)20-4-2-19(26)3-5-20)17-7-10-28(11-8-17)13-14-29-12-9-27-24(29)31;5-1(3(7)8)2(6)4(9)10/h1-6,15-17H,7-14H2,(H,27,31);1-2,5-6H,(H,7,8)(H,9,10). The Bertz CT molecular complexity index is 1370. The summed E-state index contributed by atoms with van der Waals surface area (Å²) in [5, 5.41) is 37.3. The van der Waals surface area contributed by atoms with E-state index in [0.717, 1.165) is 68.3 Å². The predicted molar refractivity (Wildman–Crippen MR) is 149 cm³/mol. The Morgan fingerprint density at radius 3 is 2.17 bits per heavy atom. The van der Waals surface area contributed by atoms with Crippen molar-refractivity contribution in [3.63, 3.8) is 0 Å². The molecule has 2 fully saturated rings. The number of piperidine rings is 1. The maximum absolute atomic E-state index is 13.4. The van der Waals surface area contributed by atoms with Crippen molar-refractivity contribution in [3.8, 4) is 5.69 Å². The minimum Gasteiger partial charge on any atom is -0.479 e. The maximum atomic E-state index is 13.4. The third-order valence-corrected chi connectivity index (χ3v) is 7.60. The molecule has 41 heavy (non-hydrogen) atoms. The Morgan fingerprint density at radius 2 is 1.61 bits per heavy atom. The summed E-state index contributed by atoms with van der Waals surface area (Å²) in [5.74, 6) is -3.32. The number of aliphatic carboxylic acids is 2. The highest BCUT2D eigenvalue weighted by molar-refractivity contribution is 6.31. The van der Waals surface area contributed by atoms with Gasteiger partial charge in [0.25, 0.3) is 0 Å². The number of amides is 2. The van der Waals surface area contributed by atoms with Gasteiger partial charge in [-0.1, -0.05) is 11.6 Å². The number of aliphatic hydroxyl groups is 2. The summed E-state index contributed by atoms with van der Waals surface area (Å²) < 4.78 is 15.6. The second-order valence-corrected chi connectivity index (χ2v) is 10.4. The van der Waals surface area contributed by atoms with Crippen molar-refractivity contribution in [1.29, 1.82) is 0 Å².